The lowest BCUT2D eigenvalue weighted by Crippen LogP contribution is -2.40. The Morgan fingerprint density at radius 2 is 2.13 bits per heavy atom. The van der Waals surface area contributed by atoms with Crippen LogP contribution < -0.4 is 10.5 Å². The molecule has 3 N–H and O–H groups in total. The van der Waals surface area contributed by atoms with Crippen LogP contribution in [0.5, 0.6) is 0 Å². The Hall–Kier alpha value is -0.170. The molecule has 0 rings (SSSR count). The molecule has 5 nitrogen and oxygen atoms in total. The van der Waals surface area contributed by atoms with E-state index in [-0.39, 0.29) is 11.8 Å². The molecule has 0 fully saturated rings. The first-order valence-corrected chi connectivity index (χ1v) is 6.90. The number of ether oxygens (including phenoxy) is 1. The average molecular weight is 238 g/mol. The van der Waals surface area contributed by atoms with E-state index in [1.165, 1.54) is 0 Å². The van der Waals surface area contributed by atoms with E-state index in [1.807, 2.05) is 6.92 Å². The lowest BCUT2D eigenvalue weighted by atomic mass is 10.2. The van der Waals surface area contributed by atoms with Gasteiger partial charge in [-0.1, -0.05) is 13.3 Å². The Kier molecular flexibility index (Phi) is 7.95. The Balaban J connectivity index is 4.12. The summed E-state index contributed by atoms with van der Waals surface area (Å²) in [5.41, 5.74) is 5.39. The van der Waals surface area contributed by atoms with Gasteiger partial charge < -0.3 is 10.5 Å². The van der Waals surface area contributed by atoms with E-state index in [0.717, 1.165) is 6.42 Å². The molecule has 0 aromatic rings. The van der Waals surface area contributed by atoms with Crippen LogP contribution in [0.1, 0.15) is 26.2 Å². The van der Waals surface area contributed by atoms with Crippen LogP contribution in [0.4, 0.5) is 0 Å². The zero-order chi connectivity index (χ0) is 11.7. The van der Waals surface area contributed by atoms with E-state index in [1.54, 1.807) is 7.11 Å². The maximum atomic E-state index is 11.5. The van der Waals surface area contributed by atoms with Crippen LogP contribution in [0.15, 0.2) is 0 Å². The van der Waals surface area contributed by atoms with Gasteiger partial charge in [0.25, 0.3) is 0 Å². The third kappa shape index (κ3) is 7.72. The minimum absolute atomic E-state index is 0.175. The van der Waals surface area contributed by atoms with Gasteiger partial charge in [-0.2, -0.15) is 0 Å². The summed E-state index contributed by atoms with van der Waals surface area (Å²) in [6.45, 7) is 2.77. The molecule has 0 radical (unpaired) electrons. The highest BCUT2D eigenvalue weighted by Crippen LogP contribution is 1.98. The predicted molar refractivity (Wildman–Crippen MR) is 61.2 cm³/mol. The highest BCUT2D eigenvalue weighted by atomic mass is 32.2. The van der Waals surface area contributed by atoms with Crippen LogP contribution in [-0.2, 0) is 14.8 Å². The molecule has 1 unspecified atom stereocenters. The molecule has 0 bridgehead atoms. The molecule has 0 saturated carbocycles. The highest BCUT2D eigenvalue weighted by molar-refractivity contribution is 7.89. The summed E-state index contributed by atoms with van der Waals surface area (Å²) in [5, 5.41) is 0. The largest absolute Gasteiger partial charge is 0.383 e. The van der Waals surface area contributed by atoms with Crippen molar-refractivity contribution in [3.05, 3.63) is 0 Å². The highest BCUT2D eigenvalue weighted by Gasteiger charge is 2.16. The number of rotatable bonds is 9. The average Bonchev–Trinajstić information content (AvgIpc) is 2.15. The van der Waals surface area contributed by atoms with E-state index in [4.69, 9.17) is 10.5 Å². The number of hydrogen-bond donors (Lipinski definition) is 2. The van der Waals surface area contributed by atoms with E-state index in [2.05, 4.69) is 4.72 Å². The minimum Gasteiger partial charge on any atom is -0.383 e. The Morgan fingerprint density at radius 1 is 1.47 bits per heavy atom. The maximum Gasteiger partial charge on any atom is 0.211 e. The minimum atomic E-state index is -3.17. The molecule has 0 spiro atoms. The molecule has 1 atom stereocenters. The standard InChI is InChI=1S/C9H22N2O3S/c1-3-4-7-15(12,13)11-9(5-6-10)8-14-2/h9,11H,3-8,10H2,1-2H3. The predicted octanol–water partition coefficient (Wildman–Crippen LogP) is 0.0697. The van der Waals surface area contributed by atoms with Gasteiger partial charge in [-0.25, -0.2) is 13.1 Å². The second-order valence-electron chi connectivity index (χ2n) is 3.52. The number of sulfonamides is 1. The van der Waals surface area contributed by atoms with Gasteiger partial charge in [0, 0.05) is 13.2 Å². The number of nitrogens with two attached hydrogens (primary N) is 1. The quantitative estimate of drug-likeness (QED) is 0.595. The van der Waals surface area contributed by atoms with Crippen molar-refractivity contribution in [1.29, 1.82) is 0 Å². The van der Waals surface area contributed by atoms with E-state index in [9.17, 15) is 8.42 Å². The van der Waals surface area contributed by atoms with Gasteiger partial charge in [-0.05, 0) is 19.4 Å². The lowest BCUT2D eigenvalue weighted by Gasteiger charge is -2.16. The van der Waals surface area contributed by atoms with Crippen LogP contribution in [-0.4, -0.2) is 40.5 Å². The van der Waals surface area contributed by atoms with Gasteiger partial charge in [0.1, 0.15) is 0 Å². The van der Waals surface area contributed by atoms with Crippen LogP contribution in [0.3, 0.4) is 0 Å². The van der Waals surface area contributed by atoms with Crippen molar-refractivity contribution in [3.8, 4) is 0 Å². The smallest absolute Gasteiger partial charge is 0.211 e. The zero-order valence-electron chi connectivity index (χ0n) is 9.53. The molecular weight excluding hydrogens is 216 g/mol. The van der Waals surface area contributed by atoms with E-state index >= 15 is 0 Å². The fraction of sp³-hybridized carbons (Fsp3) is 1.00. The Bertz CT molecular complexity index is 236. The Labute approximate surface area is 92.4 Å². The fourth-order valence-corrected chi connectivity index (χ4v) is 2.71. The number of methoxy groups -OCH3 is 1. The molecule has 0 amide bonds. The molecular formula is C9H22N2O3S. The van der Waals surface area contributed by atoms with Crippen LogP contribution >= 0.6 is 0 Å². The van der Waals surface area contributed by atoms with Crippen molar-refractivity contribution < 1.29 is 13.2 Å². The first-order valence-electron chi connectivity index (χ1n) is 5.24. The summed E-state index contributed by atoms with van der Waals surface area (Å²) >= 11 is 0. The molecule has 0 aromatic heterocycles. The van der Waals surface area contributed by atoms with Gasteiger partial charge in [-0.3, -0.25) is 0 Å². The summed E-state index contributed by atoms with van der Waals surface area (Å²) in [5.74, 6) is 0.175. The van der Waals surface area contributed by atoms with Crippen molar-refractivity contribution >= 4 is 10.0 Å². The lowest BCUT2D eigenvalue weighted by molar-refractivity contribution is 0.172. The monoisotopic (exact) mass is 238 g/mol. The van der Waals surface area contributed by atoms with Crippen LogP contribution in [0.25, 0.3) is 0 Å². The fourth-order valence-electron chi connectivity index (χ4n) is 1.23. The normalized spacial score (nSPS) is 14.1. The van der Waals surface area contributed by atoms with Crippen molar-refractivity contribution in [1.82, 2.24) is 4.72 Å². The summed E-state index contributed by atoms with van der Waals surface area (Å²) in [7, 11) is -1.63. The molecule has 0 aromatic carbocycles. The third-order valence-corrected chi connectivity index (χ3v) is 3.51. The first kappa shape index (κ1) is 14.8. The van der Waals surface area contributed by atoms with Gasteiger partial charge >= 0.3 is 0 Å². The summed E-state index contributed by atoms with van der Waals surface area (Å²) < 4.78 is 30.6. The van der Waals surface area contributed by atoms with Crippen molar-refractivity contribution in [2.45, 2.75) is 32.2 Å². The molecule has 0 heterocycles. The van der Waals surface area contributed by atoms with Crippen molar-refractivity contribution in [2.24, 2.45) is 5.73 Å². The second-order valence-corrected chi connectivity index (χ2v) is 5.39. The number of unbranched alkanes of at least 4 members (excludes halogenated alkanes) is 1. The molecule has 92 valence electrons. The first-order chi connectivity index (χ1) is 7.05. The number of hydrogen-bond acceptors (Lipinski definition) is 4. The van der Waals surface area contributed by atoms with Gasteiger partial charge in [0.2, 0.25) is 10.0 Å². The maximum absolute atomic E-state index is 11.5. The van der Waals surface area contributed by atoms with Crippen molar-refractivity contribution in [3.63, 3.8) is 0 Å². The molecule has 6 heteroatoms. The Morgan fingerprint density at radius 3 is 2.60 bits per heavy atom. The van der Waals surface area contributed by atoms with Gasteiger partial charge in [0.05, 0.1) is 12.4 Å². The van der Waals surface area contributed by atoms with Crippen LogP contribution in [0, 0.1) is 0 Å². The molecule has 0 saturated heterocycles. The second kappa shape index (κ2) is 8.04. The molecule has 0 aliphatic carbocycles. The topological polar surface area (TPSA) is 81.4 Å². The van der Waals surface area contributed by atoms with Crippen LogP contribution in [0.2, 0.25) is 0 Å². The molecule has 15 heavy (non-hydrogen) atoms. The number of nitrogens with one attached hydrogen (secondary N) is 1. The summed E-state index contributed by atoms with van der Waals surface area (Å²) in [6.07, 6.45) is 2.14. The van der Waals surface area contributed by atoms with E-state index < -0.39 is 10.0 Å². The van der Waals surface area contributed by atoms with E-state index in [0.29, 0.717) is 26.0 Å². The molecule has 0 aliphatic heterocycles. The summed E-state index contributed by atoms with van der Waals surface area (Å²) in [6, 6.07) is -0.207. The van der Waals surface area contributed by atoms with Gasteiger partial charge in [0.15, 0.2) is 0 Å². The van der Waals surface area contributed by atoms with Crippen molar-refractivity contribution in [2.75, 3.05) is 26.0 Å². The summed E-state index contributed by atoms with van der Waals surface area (Å²) in [4.78, 5) is 0. The SMILES string of the molecule is CCCCS(=O)(=O)NC(CCN)COC. The zero-order valence-corrected chi connectivity index (χ0v) is 10.3. The van der Waals surface area contributed by atoms with Gasteiger partial charge in [-0.15, -0.1) is 0 Å². The molecule has 0 aliphatic rings. The third-order valence-electron chi connectivity index (χ3n) is 2.00.